The molecule has 0 unspecified atom stereocenters. The van der Waals surface area contributed by atoms with Gasteiger partial charge in [-0.2, -0.15) is 23.3 Å². The number of furan rings is 1. The Morgan fingerprint density at radius 2 is 1.82 bits per heavy atom. The van der Waals surface area contributed by atoms with E-state index in [9.17, 15) is 22.8 Å². The van der Waals surface area contributed by atoms with E-state index < -0.39 is 29.3 Å². The fourth-order valence-electron chi connectivity index (χ4n) is 3.15. The molecule has 1 aliphatic rings. The third kappa shape index (κ3) is 4.40. The van der Waals surface area contributed by atoms with E-state index >= 15 is 0 Å². The highest BCUT2D eigenvalue weighted by Crippen LogP contribution is 2.34. The van der Waals surface area contributed by atoms with Gasteiger partial charge in [-0.25, -0.2) is 4.79 Å². The molecule has 10 heteroatoms. The van der Waals surface area contributed by atoms with Crippen LogP contribution in [0.4, 0.5) is 18.9 Å². The molecule has 1 aliphatic heterocycles. The van der Waals surface area contributed by atoms with E-state index in [4.69, 9.17) is 21.1 Å². The van der Waals surface area contributed by atoms with Gasteiger partial charge in [0.25, 0.3) is 5.91 Å². The fourth-order valence-corrected chi connectivity index (χ4v) is 3.33. The summed E-state index contributed by atoms with van der Waals surface area (Å²) in [6.45, 7) is 1.83. The lowest BCUT2D eigenvalue weighted by Crippen LogP contribution is -2.25. The van der Waals surface area contributed by atoms with Gasteiger partial charge in [0.1, 0.15) is 11.5 Å². The van der Waals surface area contributed by atoms with E-state index in [-0.39, 0.29) is 17.0 Å². The molecule has 0 fully saturated rings. The summed E-state index contributed by atoms with van der Waals surface area (Å²) in [5.74, 6) is -1.86. The Labute approximate surface area is 190 Å². The van der Waals surface area contributed by atoms with Gasteiger partial charge in [0, 0.05) is 10.6 Å². The highest BCUT2D eigenvalue weighted by atomic mass is 35.5. The van der Waals surface area contributed by atoms with Crippen LogP contribution in [0.5, 0.6) is 0 Å². The molecule has 0 radical (unpaired) electrons. The SMILES string of the molecule is Cc1ccc(-c2ccc(/C=C3/C(=O)N(c4ccc(C(=O)O)cc4)N=C3C(F)(F)F)o2)cc1Cl. The van der Waals surface area contributed by atoms with Crippen molar-refractivity contribution >= 4 is 41.0 Å². The zero-order chi connectivity index (χ0) is 23.9. The smallest absolute Gasteiger partial charge is 0.435 e. The van der Waals surface area contributed by atoms with Gasteiger partial charge in [-0.1, -0.05) is 23.7 Å². The number of alkyl halides is 3. The predicted octanol–water partition coefficient (Wildman–Crippen LogP) is 5.96. The first-order valence-corrected chi connectivity index (χ1v) is 9.84. The Hall–Kier alpha value is -3.85. The molecule has 0 saturated heterocycles. The average Bonchev–Trinajstić information content (AvgIpc) is 3.35. The molecule has 0 spiro atoms. The maximum Gasteiger partial charge on any atom is 0.435 e. The number of nitrogens with zero attached hydrogens (tertiary/aromatic N) is 2. The van der Waals surface area contributed by atoms with Crippen molar-refractivity contribution in [3.63, 3.8) is 0 Å². The molecule has 0 atom stereocenters. The first-order chi connectivity index (χ1) is 15.5. The van der Waals surface area contributed by atoms with E-state index in [0.29, 0.717) is 21.4 Å². The van der Waals surface area contributed by atoms with Crippen LogP contribution in [0.2, 0.25) is 5.02 Å². The number of aromatic carboxylic acids is 1. The molecule has 2 aromatic carbocycles. The average molecular weight is 475 g/mol. The third-order valence-corrected chi connectivity index (χ3v) is 5.28. The van der Waals surface area contributed by atoms with E-state index in [1.807, 2.05) is 6.92 Å². The number of benzene rings is 2. The van der Waals surface area contributed by atoms with Gasteiger partial charge in [0.2, 0.25) is 0 Å². The number of carboxylic acids is 1. The van der Waals surface area contributed by atoms with Gasteiger partial charge in [0.15, 0.2) is 5.71 Å². The molecule has 6 nitrogen and oxygen atoms in total. The first kappa shape index (κ1) is 22.3. The molecule has 33 heavy (non-hydrogen) atoms. The quantitative estimate of drug-likeness (QED) is 0.473. The van der Waals surface area contributed by atoms with E-state index in [1.54, 1.807) is 24.3 Å². The number of aryl methyl sites for hydroxylation is 1. The highest BCUT2D eigenvalue weighted by Gasteiger charge is 2.47. The van der Waals surface area contributed by atoms with E-state index in [1.165, 1.54) is 30.3 Å². The molecule has 1 aromatic heterocycles. The number of hydrogen-bond donors (Lipinski definition) is 1. The van der Waals surface area contributed by atoms with Crippen LogP contribution in [-0.2, 0) is 4.79 Å². The van der Waals surface area contributed by atoms with Crippen molar-refractivity contribution in [3.8, 4) is 11.3 Å². The number of halogens is 4. The van der Waals surface area contributed by atoms with Crippen LogP contribution in [-0.4, -0.2) is 28.9 Å². The van der Waals surface area contributed by atoms with Crippen molar-refractivity contribution in [2.45, 2.75) is 13.1 Å². The molecule has 4 rings (SSSR count). The van der Waals surface area contributed by atoms with Gasteiger partial charge < -0.3 is 9.52 Å². The van der Waals surface area contributed by atoms with Crippen molar-refractivity contribution in [1.82, 2.24) is 0 Å². The monoisotopic (exact) mass is 474 g/mol. The largest absolute Gasteiger partial charge is 0.478 e. The van der Waals surface area contributed by atoms with Crippen molar-refractivity contribution in [2.75, 3.05) is 5.01 Å². The van der Waals surface area contributed by atoms with Gasteiger partial charge in [-0.05, 0) is 61.0 Å². The molecule has 1 N–H and O–H groups in total. The molecule has 2 heterocycles. The number of amides is 1. The van der Waals surface area contributed by atoms with Gasteiger partial charge in [-0.15, -0.1) is 0 Å². The number of carboxylic acid groups (broad SMARTS) is 1. The lowest BCUT2D eigenvalue weighted by atomic mass is 10.1. The zero-order valence-electron chi connectivity index (χ0n) is 16.9. The summed E-state index contributed by atoms with van der Waals surface area (Å²) in [6, 6.07) is 12.9. The van der Waals surface area contributed by atoms with E-state index in [0.717, 1.165) is 11.6 Å². The minimum absolute atomic E-state index is 0.00965. The Bertz CT molecular complexity index is 1320. The summed E-state index contributed by atoms with van der Waals surface area (Å²) in [5.41, 5.74) is -0.699. The van der Waals surface area contributed by atoms with Crippen molar-refractivity contribution < 1.29 is 32.3 Å². The minimum Gasteiger partial charge on any atom is -0.478 e. The topological polar surface area (TPSA) is 83.1 Å². The highest BCUT2D eigenvalue weighted by molar-refractivity contribution is 6.34. The lowest BCUT2D eigenvalue weighted by molar-refractivity contribution is -0.114. The molecule has 3 aromatic rings. The Kier molecular flexibility index (Phi) is 5.59. The Balaban J connectivity index is 1.70. The first-order valence-electron chi connectivity index (χ1n) is 9.46. The van der Waals surface area contributed by atoms with Crippen LogP contribution < -0.4 is 5.01 Å². The minimum atomic E-state index is -4.91. The summed E-state index contributed by atoms with van der Waals surface area (Å²) < 4.78 is 46.5. The van der Waals surface area contributed by atoms with Crippen LogP contribution in [0.25, 0.3) is 17.4 Å². The van der Waals surface area contributed by atoms with Crippen molar-refractivity contribution in [2.24, 2.45) is 5.10 Å². The molecular formula is C23H14ClF3N2O4. The summed E-state index contributed by atoms with van der Waals surface area (Å²) >= 11 is 6.12. The van der Waals surface area contributed by atoms with Crippen LogP contribution in [0, 0.1) is 6.92 Å². The predicted molar refractivity (Wildman–Crippen MR) is 116 cm³/mol. The molecule has 0 saturated carbocycles. The molecule has 168 valence electrons. The van der Waals surface area contributed by atoms with Crippen LogP contribution in [0.3, 0.4) is 0 Å². The molecular weight excluding hydrogens is 461 g/mol. The van der Waals surface area contributed by atoms with Gasteiger partial charge >= 0.3 is 12.1 Å². The molecule has 0 aliphatic carbocycles. The van der Waals surface area contributed by atoms with Crippen LogP contribution >= 0.6 is 11.6 Å². The van der Waals surface area contributed by atoms with E-state index in [2.05, 4.69) is 5.10 Å². The number of anilines is 1. The second-order valence-corrected chi connectivity index (χ2v) is 7.55. The van der Waals surface area contributed by atoms with Gasteiger partial charge in [0.05, 0.1) is 16.8 Å². The maximum absolute atomic E-state index is 13.6. The van der Waals surface area contributed by atoms with Crippen molar-refractivity contribution in [3.05, 3.63) is 82.1 Å². The summed E-state index contributed by atoms with van der Waals surface area (Å²) in [5, 5.41) is 13.5. The standard InChI is InChI=1S/C23H14ClF3N2O4/c1-12-2-3-14(10-18(12)24)19-9-8-16(33-19)11-17-20(23(25,26)27)28-29(21(17)30)15-6-4-13(5-7-15)22(31)32/h2-11H,1H3,(H,31,32)/b17-11+. The second kappa shape index (κ2) is 8.25. The number of hydrazone groups is 1. The summed E-state index contributed by atoms with van der Waals surface area (Å²) in [4.78, 5) is 23.8. The normalized spacial score (nSPS) is 15.3. The number of hydrogen-bond acceptors (Lipinski definition) is 4. The lowest BCUT2D eigenvalue weighted by Gasteiger charge is -2.11. The third-order valence-electron chi connectivity index (χ3n) is 4.87. The number of rotatable bonds is 4. The van der Waals surface area contributed by atoms with Crippen LogP contribution in [0.1, 0.15) is 21.7 Å². The number of carbonyl (C=O) groups is 2. The number of carbonyl (C=O) groups excluding carboxylic acids is 1. The molecule has 0 bridgehead atoms. The zero-order valence-corrected chi connectivity index (χ0v) is 17.6. The van der Waals surface area contributed by atoms with Crippen LogP contribution in [0.15, 0.2) is 69.7 Å². The molecule has 1 amide bonds. The maximum atomic E-state index is 13.6. The second-order valence-electron chi connectivity index (χ2n) is 7.14. The fraction of sp³-hybridized carbons (Fsp3) is 0.0870. The van der Waals surface area contributed by atoms with Gasteiger partial charge in [-0.3, -0.25) is 4.79 Å². The Morgan fingerprint density at radius 3 is 2.42 bits per heavy atom. The van der Waals surface area contributed by atoms with Crippen molar-refractivity contribution in [1.29, 1.82) is 0 Å². The summed E-state index contributed by atoms with van der Waals surface area (Å²) in [6.07, 6.45) is -3.93. The Morgan fingerprint density at radius 1 is 1.12 bits per heavy atom. The summed E-state index contributed by atoms with van der Waals surface area (Å²) in [7, 11) is 0.